The van der Waals surface area contributed by atoms with Crippen molar-refractivity contribution in [1.29, 1.82) is 0 Å². The Balaban J connectivity index is 1.22. The van der Waals surface area contributed by atoms with Crippen molar-refractivity contribution >= 4 is 28.4 Å². The van der Waals surface area contributed by atoms with Gasteiger partial charge in [0.1, 0.15) is 11.5 Å². The van der Waals surface area contributed by atoms with Crippen molar-refractivity contribution in [2.24, 2.45) is 0 Å². The number of hydrogen-bond acceptors (Lipinski definition) is 4. The second-order valence-corrected chi connectivity index (χ2v) is 8.03. The average Bonchev–Trinajstić information content (AvgIpc) is 3.40. The van der Waals surface area contributed by atoms with Crippen LogP contribution in [0.1, 0.15) is 31.4 Å². The third kappa shape index (κ3) is 3.88. The Bertz CT molecular complexity index is 1270. The maximum absolute atomic E-state index is 13.0. The van der Waals surface area contributed by atoms with Gasteiger partial charge in [0.2, 0.25) is 0 Å². The molecular formula is C22H21F3N6O. The van der Waals surface area contributed by atoms with E-state index in [0.717, 1.165) is 42.8 Å². The molecule has 10 heteroatoms. The lowest BCUT2D eigenvalue weighted by Gasteiger charge is -2.30. The van der Waals surface area contributed by atoms with Gasteiger partial charge in [-0.2, -0.15) is 13.2 Å². The van der Waals surface area contributed by atoms with Crippen molar-refractivity contribution in [3.8, 4) is 0 Å². The summed E-state index contributed by atoms with van der Waals surface area (Å²) in [6.07, 6.45) is 4.73. The van der Waals surface area contributed by atoms with E-state index < -0.39 is 11.9 Å². The lowest BCUT2D eigenvalue weighted by atomic mass is 9.91. The van der Waals surface area contributed by atoms with Gasteiger partial charge < -0.3 is 10.6 Å². The predicted molar refractivity (Wildman–Crippen MR) is 114 cm³/mol. The SMILES string of the molecule is O=C(NC1CCC(Nc2cccc3nc(C(F)(F)F)cn23)CC1)n1ccc2ccncc21. The summed E-state index contributed by atoms with van der Waals surface area (Å²) in [4.78, 5) is 20.5. The van der Waals surface area contributed by atoms with Crippen LogP contribution in [0.25, 0.3) is 16.6 Å². The molecule has 0 spiro atoms. The number of aromatic nitrogens is 4. The zero-order valence-corrected chi connectivity index (χ0v) is 17.0. The second-order valence-electron chi connectivity index (χ2n) is 8.03. The number of carbonyl (C=O) groups is 1. The van der Waals surface area contributed by atoms with Crippen LogP contribution in [0.4, 0.5) is 23.8 Å². The minimum absolute atomic E-state index is 0.0375. The van der Waals surface area contributed by atoms with E-state index in [1.54, 1.807) is 41.4 Å². The summed E-state index contributed by atoms with van der Waals surface area (Å²) >= 11 is 0. The lowest BCUT2D eigenvalue weighted by Crippen LogP contribution is -2.41. The van der Waals surface area contributed by atoms with Gasteiger partial charge in [-0.25, -0.2) is 9.78 Å². The summed E-state index contributed by atoms with van der Waals surface area (Å²) < 4.78 is 42.0. The third-order valence-electron chi connectivity index (χ3n) is 5.90. The molecule has 0 aliphatic heterocycles. The van der Waals surface area contributed by atoms with Gasteiger partial charge in [0, 0.05) is 36.1 Å². The Morgan fingerprint density at radius 3 is 2.62 bits per heavy atom. The van der Waals surface area contributed by atoms with Gasteiger partial charge in [-0.3, -0.25) is 14.0 Å². The molecule has 0 atom stereocenters. The quantitative estimate of drug-likeness (QED) is 0.483. The largest absolute Gasteiger partial charge is 0.434 e. The number of carbonyl (C=O) groups excluding carboxylic acids is 1. The van der Waals surface area contributed by atoms with E-state index in [0.29, 0.717) is 5.82 Å². The monoisotopic (exact) mass is 442 g/mol. The van der Waals surface area contributed by atoms with Gasteiger partial charge >= 0.3 is 12.2 Å². The van der Waals surface area contributed by atoms with Crippen LogP contribution in [-0.2, 0) is 6.18 Å². The Kier molecular flexibility index (Phi) is 4.99. The highest BCUT2D eigenvalue weighted by atomic mass is 19.4. The van der Waals surface area contributed by atoms with Gasteiger partial charge in [-0.15, -0.1) is 0 Å². The summed E-state index contributed by atoms with van der Waals surface area (Å²) in [6.45, 7) is 0. The summed E-state index contributed by atoms with van der Waals surface area (Å²) in [5.41, 5.74) is 0.0922. The van der Waals surface area contributed by atoms with E-state index in [2.05, 4.69) is 20.6 Å². The van der Waals surface area contributed by atoms with Crippen molar-refractivity contribution in [2.75, 3.05) is 5.32 Å². The molecule has 166 valence electrons. The van der Waals surface area contributed by atoms with E-state index in [1.807, 2.05) is 12.1 Å². The van der Waals surface area contributed by atoms with Crippen molar-refractivity contribution in [3.05, 3.63) is 60.8 Å². The van der Waals surface area contributed by atoms with Crippen molar-refractivity contribution in [3.63, 3.8) is 0 Å². The zero-order valence-electron chi connectivity index (χ0n) is 17.0. The summed E-state index contributed by atoms with van der Waals surface area (Å²) in [5.74, 6) is 0.573. The topological polar surface area (TPSA) is 76.2 Å². The molecule has 4 aromatic rings. The molecule has 1 aliphatic rings. The van der Waals surface area contributed by atoms with Crippen LogP contribution in [0.3, 0.4) is 0 Å². The number of halogens is 3. The van der Waals surface area contributed by atoms with Gasteiger partial charge in [-0.1, -0.05) is 6.07 Å². The minimum Gasteiger partial charge on any atom is -0.368 e. The molecule has 1 saturated carbocycles. The molecule has 1 amide bonds. The van der Waals surface area contributed by atoms with Gasteiger partial charge in [0.05, 0.1) is 11.7 Å². The van der Waals surface area contributed by atoms with Crippen LogP contribution in [-0.4, -0.2) is 37.1 Å². The van der Waals surface area contributed by atoms with Crippen LogP contribution in [0.2, 0.25) is 0 Å². The first-order valence-corrected chi connectivity index (χ1v) is 10.4. The fraction of sp³-hybridized carbons (Fsp3) is 0.318. The number of amides is 1. The number of nitrogens with zero attached hydrogens (tertiary/aromatic N) is 4. The molecule has 1 fully saturated rings. The first-order valence-electron chi connectivity index (χ1n) is 10.4. The molecule has 0 unspecified atom stereocenters. The number of pyridine rings is 2. The predicted octanol–water partition coefficient (Wildman–Crippen LogP) is 4.68. The molecule has 0 saturated heterocycles. The van der Waals surface area contributed by atoms with Crippen molar-refractivity contribution in [1.82, 2.24) is 24.3 Å². The fourth-order valence-electron chi connectivity index (χ4n) is 4.25. The highest BCUT2D eigenvalue weighted by molar-refractivity contribution is 5.91. The van der Waals surface area contributed by atoms with Crippen LogP contribution >= 0.6 is 0 Å². The zero-order chi connectivity index (χ0) is 22.3. The van der Waals surface area contributed by atoms with E-state index in [4.69, 9.17) is 0 Å². The molecule has 7 nitrogen and oxygen atoms in total. The van der Waals surface area contributed by atoms with Gasteiger partial charge in [0.15, 0.2) is 5.69 Å². The molecule has 1 aliphatic carbocycles. The van der Waals surface area contributed by atoms with Crippen LogP contribution in [0, 0.1) is 0 Å². The minimum atomic E-state index is -4.49. The number of imidazole rings is 1. The van der Waals surface area contributed by atoms with Crippen LogP contribution < -0.4 is 10.6 Å². The molecule has 0 aromatic carbocycles. The molecular weight excluding hydrogens is 421 g/mol. The normalized spacial score (nSPS) is 19.3. The van der Waals surface area contributed by atoms with E-state index >= 15 is 0 Å². The highest BCUT2D eigenvalue weighted by Gasteiger charge is 2.34. The highest BCUT2D eigenvalue weighted by Crippen LogP contribution is 2.30. The molecule has 0 bridgehead atoms. The van der Waals surface area contributed by atoms with E-state index in [9.17, 15) is 18.0 Å². The lowest BCUT2D eigenvalue weighted by molar-refractivity contribution is -0.140. The fourth-order valence-corrected chi connectivity index (χ4v) is 4.25. The Morgan fingerprint density at radius 2 is 1.84 bits per heavy atom. The van der Waals surface area contributed by atoms with E-state index in [1.165, 1.54) is 4.40 Å². The molecule has 4 aromatic heterocycles. The standard InChI is InChI=1S/C22H21F3N6O/c23-22(24,25)18-13-31-19(2-1-3-20(31)29-18)27-15-4-6-16(7-5-15)28-21(32)30-11-9-14-8-10-26-12-17(14)30/h1-3,8-13,15-16,27H,4-7H2,(H,28,32). The summed E-state index contributed by atoms with van der Waals surface area (Å²) in [6, 6.07) is 8.66. The molecule has 32 heavy (non-hydrogen) atoms. The number of nitrogens with one attached hydrogen (secondary N) is 2. The summed E-state index contributed by atoms with van der Waals surface area (Å²) in [5, 5.41) is 7.37. The maximum Gasteiger partial charge on any atom is 0.434 e. The van der Waals surface area contributed by atoms with Crippen molar-refractivity contribution in [2.45, 2.75) is 43.9 Å². The first kappa shape index (κ1) is 20.3. The number of hydrogen-bond donors (Lipinski definition) is 2. The smallest absolute Gasteiger partial charge is 0.368 e. The van der Waals surface area contributed by atoms with Crippen LogP contribution in [0.5, 0.6) is 0 Å². The third-order valence-corrected chi connectivity index (χ3v) is 5.90. The van der Waals surface area contributed by atoms with E-state index in [-0.39, 0.29) is 23.8 Å². The summed E-state index contributed by atoms with van der Waals surface area (Å²) in [7, 11) is 0. The molecule has 5 rings (SSSR count). The Morgan fingerprint density at radius 1 is 1.06 bits per heavy atom. The Hall–Kier alpha value is -3.56. The molecule has 4 heterocycles. The average molecular weight is 442 g/mol. The molecule has 0 radical (unpaired) electrons. The first-order chi connectivity index (χ1) is 15.4. The molecule has 2 N–H and O–H groups in total. The maximum atomic E-state index is 13.0. The van der Waals surface area contributed by atoms with Crippen LogP contribution in [0.15, 0.2) is 55.1 Å². The second kappa shape index (κ2) is 7.85. The Labute approximate surface area is 181 Å². The number of rotatable bonds is 3. The van der Waals surface area contributed by atoms with Gasteiger partial charge in [0.25, 0.3) is 0 Å². The van der Waals surface area contributed by atoms with Crippen molar-refractivity contribution < 1.29 is 18.0 Å². The van der Waals surface area contributed by atoms with Gasteiger partial charge in [-0.05, 0) is 49.9 Å². The number of anilines is 1. The number of fused-ring (bicyclic) bond motifs is 2. The number of alkyl halides is 3.